The van der Waals surface area contributed by atoms with Crippen molar-refractivity contribution in [3.8, 4) is 16.9 Å². The number of aromatic nitrogens is 1. The maximum atomic E-state index is 5.31. The van der Waals surface area contributed by atoms with Gasteiger partial charge in [-0.2, -0.15) is 0 Å². The molecule has 0 fully saturated rings. The predicted octanol–water partition coefficient (Wildman–Crippen LogP) is 4.52. The first-order valence-electron chi connectivity index (χ1n) is 5.97. The van der Waals surface area contributed by atoms with Gasteiger partial charge in [-0.25, -0.2) is 0 Å². The molecule has 0 atom stereocenters. The molecular formula is C16H12INO. The third-order valence-corrected chi connectivity index (χ3v) is 3.91. The first-order valence-corrected chi connectivity index (χ1v) is 7.05. The molecule has 0 saturated carbocycles. The fraction of sp³-hybridized carbons (Fsp3) is 0.0625. The van der Waals surface area contributed by atoms with Gasteiger partial charge in [0.2, 0.25) is 0 Å². The first kappa shape index (κ1) is 12.4. The quantitative estimate of drug-likeness (QED) is 0.627. The van der Waals surface area contributed by atoms with Crippen molar-refractivity contribution in [2.24, 2.45) is 0 Å². The number of ether oxygens (including phenoxy) is 1. The van der Waals surface area contributed by atoms with Crippen molar-refractivity contribution in [2.75, 3.05) is 7.11 Å². The monoisotopic (exact) mass is 361 g/mol. The molecule has 0 saturated heterocycles. The molecule has 19 heavy (non-hydrogen) atoms. The first-order chi connectivity index (χ1) is 9.29. The Balaban J connectivity index is 2.31. The van der Waals surface area contributed by atoms with Crippen LogP contribution in [0, 0.1) is 3.57 Å². The molecule has 3 heteroatoms. The molecule has 0 aliphatic carbocycles. The Bertz CT molecular complexity index is 740. The van der Waals surface area contributed by atoms with Crippen molar-refractivity contribution in [1.29, 1.82) is 0 Å². The second-order valence-corrected chi connectivity index (χ2v) is 5.39. The van der Waals surface area contributed by atoms with Gasteiger partial charge in [0.1, 0.15) is 5.75 Å². The Kier molecular flexibility index (Phi) is 3.38. The van der Waals surface area contributed by atoms with Crippen LogP contribution in [0.25, 0.3) is 22.0 Å². The normalized spacial score (nSPS) is 10.6. The zero-order chi connectivity index (χ0) is 13.2. The highest BCUT2D eigenvalue weighted by Gasteiger charge is 2.09. The summed E-state index contributed by atoms with van der Waals surface area (Å²) in [7, 11) is 1.69. The molecule has 1 aromatic heterocycles. The molecular weight excluding hydrogens is 349 g/mol. The molecule has 2 nitrogen and oxygen atoms in total. The second-order valence-electron chi connectivity index (χ2n) is 4.23. The summed E-state index contributed by atoms with van der Waals surface area (Å²) in [6, 6.07) is 16.3. The van der Waals surface area contributed by atoms with Crippen LogP contribution in [0.15, 0.2) is 54.7 Å². The minimum Gasteiger partial charge on any atom is -0.497 e. The van der Waals surface area contributed by atoms with Gasteiger partial charge in [0, 0.05) is 20.7 Å². The maximum absolute atomic E-state index is 5.31. The van der Waals surface area contributed by atoms with Crippen LogP contribution in [-0.2, 0) is 0 Å². The highest BCUT2D eigenvalue weighted by Crippen LogP contribution is 2.33. The van der Waals surface area contributed by atoms with Crippen molar-refractivity contribution in [3.05, 3.63) is 58.3 Å². The molecule has 0 amide bonds. The van der Waals surface area contributed by atoms with Crippen molar-refractivity contribution in [2.45, 2.75) is 0 Å². The van der Waals surface area contributed by atoms with E-state index < -0.39 is 0 Å². The largest absolute Gasteiger partial charge is 0.497 e. The van der Waals surface area contributed by atoms with Gasteiger partial charge in [0.05, 0.1) is 12.6 Å². The highest BCUT2D eigenvalue weighted by atomic mass is 127. The van der Waals surface area contributed by atoms with Crippen LogP contribution >= 0.6 is 22.6 Å². The van der Waals surface area contributed by atoms with Crippen LogP contribution in [0.3, 0.4) is 0 Å². The molecule has 0 aliphatic heterocycles. The molecule has 0 radical (unpaired) electrons. The minimum atomic E-state index is 0.870. The van der Waals surface area contributed by atoms with E-state index in [1.807, 2.05) is 36.5 Å². The van der Waals surface area contributed by atoms with Crippen molar-refractivity contribution >= 4 is 33.5 Å². The summed E-state index contributed by atoms with van der Waals surface area (Å²) in [5.74, 6) is 0.870. The molecule has 2 aromatic carbocycles. The molecule has 0 aliphatic rings. The smallest absolute Gasteiger partial charge is 0.119 e. The molecule has 3 rings (SSSR count). The average molecular weight is 361 g/mol. The predicted molar refractivity (Wildman–Crippen MR) is 86.4 cm³/mol. The number of hydrogen-bond acceptors (Lipinski definition) is 2. The van der Waals surface area contributed by atoms with Crippen LogP contribution in [0.2, 0.25) is 0 Å². The van der Waals surface area contributed by atoms with Crippen LogP contribution in [0.4, 0.5) is 0 Å². The van der Waals surface area contributed by atoms with Gasteiger partial charge in [0.25, 0.3) is 0 Å². The van der Waals surface area contributed by atoms with Gasteiger partial charge in [-0.05, 0) is 46.4 Å². The summed E-state index contributed by atoms with van der Waals surface area (Å²) in [6.45, 7) is 0. The number of fused-ring (bicyclic) bond motifs is 1. The van der Waals surface area contributed by atoms with E-state index in [4.69, 9.17) is 4.74 Å². The van der Waals surface area contributed by atoms with Gasteiger partial charge in [-0.1, -0.05) is 30.3 Å². The summed E-state index contributed by atoms with van der Waals surface area (Å²) in [5.41, 5.74) is 3.38. The van der Waals surface area contributed by atoms with E-state index in [0.29, 0.717) is 0 Å². The summed E-state index contributed by atoms with van der Waals surface area (Å²) in [6.07, 6.45) is 1.91. The molecule has 0 bridgehead atoms. The molecule has 0 spiro atoms. The van der Waals surface area contributed by atoms with Gasteiger partial charge >= 0.3 is 0 Å². The number of benzene rings is 2. The highest BCUT2D eigenvalue weighted by molar-refractivity contribution is 14.1. The van der Waals surface area contributed by atoms with E-state index in [9.17, 15) is 0 Å². The van der Waals surface area contributed by atoms with E-state index in [-0.39, 0.29) is 0 Å². The SMILES string of the molecule is COc1cccc(-c2c(I)cnc3ccccc23)c1. The average Bonchev–Trinajstić information content (AvgIpc) is 2.47. The fourth-order valence-electron chi connectivity index (χ4n) is 2.19. The molecule has 3 aromatic rings. The van der Waals surface area contributed by atoms with E-state index in [1.54, 1.807) is 7.11 Å². The Morgan fingerprint density at radius 2 is 1.89 bits per heavy atom. The number of hydrogen-bond donors (Lipinski definition) is 0. The Labute approximate surface area is 125 Å². The van der Waals surface area contributed by atoms with Crippen LogP contribution in [0.1, 0.15) is 0 Å². The van der Waals surface area contributed by atoms with Gasteiger partial charge in [-0.3, -0.25) is 4.98 Å². The molecule has 1 heterocycles. The maximum Gasteiger partial charge on any atom is 0.119 e. The minimum absolute atomic E-state index is 0.870. The van der Waals surface area contributed by atoms with E-state index in [2.05, 4.69) is 45.8 Å². The van der Waals surface area contributed by atoms with Crippen molar-refractivity contribution in [1.82, 2.24) is 4.98 Å². The number of nitrogens with zero attached hydrogens (tertiary/aromatic N) is 1. The molecule has 94 valence electrons. The Morgan fingerprint density at radius 1 is 1.05 bits per heavy atom. The Morgan fingerprint density at radius 3 is 2.74 bits per heavy atom. The van der Waals surface area contributed by atoms with E-state index >= 15 is 0 Å². The second kappa shape index (κ2) is 5.17. The molecule has 0 unspecified atom stereocenters. The zero-order valence-corrected chi connectivity index (χ0v) is 12.6. The third-order valence-electron chi connectivity index (χ3n) is 3.09. The number of para-hydroxylation sites is 1. The lowest BCUT2D eigenvalue weighted by Gasteiger charge is -2.10. The molecule has 0 N–H and O–H groups in total. The zero-order valence-electron chi connectivity index (χ0n) is 10.4. The number of halogens is 1. The lowest BCUT2D eigenvalue weighted by molar-refractivity contribution is 0.415. The number of rotatable bonds is 2. The standard InChI is InChI=1S/C16H12INO/c1-19-12-6-4-5-11(9-12)16-13-7-2-3-8-15(13)18-10-14(16)17/h2-10H,1H3. The van der Waals surface area contributed by atoms with E-state index in [1.165, 1.54) is 10.9 Å². The summed E-state index contributed by atoms with van der Waals surface area (Å²) < 4.78 is 6.45. The Hall–Kier alpha value is -1.62. The number of pyridine rings is 1. The van der Waals surface area contributed by atoms with Crippen molar-refractivity contribution in [3.63, 3.8) is 0 Å². The fourth-order valence-corrected chi connectivity index (χ4v) is 2.93. The number of methoxy groups -OCH3 is 1. The van der Waals surface area contributed by atoms with Gasteiger partial charge in [-0.15, -0.1) is 0 Å². The summed E-state index contributed by atoms with van der Waals surface area (Å²) >= 11 is 2.33. The lowest BCUT2D eigenvalue weighted by Crippen LogP contribution is -1.90. The van der Waals surface area contributed by atoms with Crippen LogP contribution < -0.4 is 4.74 Å². The lowest BCUT2D eigenvalue weighted by atomic mass is 10.0. The summed E-state index contributed by atoms with van der Waals surface area (Å²) in [4.78, 5) is 4.47. The van der Waals surface area contributed by atoms with Crippen LogP contribution in [0.5, 0.6) is 5.75 Å². The third kappa shape index (κ3) is 2.30. The summed E-state index contributed by atoms with van der Waals surface area (Å²) in [5, 5.41) is 1.17. The topological polar surface area (TPSA) is 22.1 Å². The van der Waals surface area contributed by atoms with Gasteiger partial charge < -0.3 is 4.74 Å². The van der Waals surface area contributed by atoms with Crippen LogP contribution in [-0.4, -0.2) is 12.1 Å². The van der Waals surface area contributed by atoms with Crippen molar-refractivity contribution < 1.29 is 4.74 Å². The van der Waals surface area contributed by atoms with Gasteiger partial charge in [0.15, 0.2) is 0 Å². The van der Waals surface area contributed by atoms with E-state index in [0.717, 1.165) is 20.4 Å².